The zero-order valence-corrected chi connectivity index (χ0v) is 10.1. The molecule has 1 N–H and O–H groups in total. The van der Waals surface area contributed by atoms with Crippen molar-refractivity contribution < 1.29 is 9.84 Å². The first-order valence-corrected chi connectivity index (χ1v) is 5.37. The Labute approximate surface area is 95.8 Å². The van der Waals surface area contributed by atoms with Crippen molar-refractivity contribution in [2.75, 3.05) is 6.61 Å². The third-order valence-corrected chi connectivity index (χ3v) is 2.37. The Hall–Kier alpha value is -0.730. The summed E-state index contributed by atoms with van der Waals surface area (Å²) < 4.78 is 5.50. The van der Waals surface area contributed by atoms with Crippen LogP contribution in [-0.4, -0.2) is 17.3 Å². The molecular weight excluding hydrogens is 212 g/mol. The van der Waals surface area contributed by atoms with E-state index in [4.69, 9.17) is 16.3 Å². The van der Waals surface area contributed by atoms with Crippen molar-refractivity contribution in [2.45, 2.75) is 32.8 Å². The molecule has 1 rings (SSSR count). The lowest BCUT2D eigenvalue weighted by Crippen LogP contribution is -2.21. The highest BCUT2D eigenvalue weighted by atomic mass is 35.5. The molecular formula is C12H17ClO2. The van der Waals surface area contributed by atoms with Gasteiger partial charge in [-0.1, -0.05) is 17.7 Å². The van der Waals surface area contributed by atoms with Gasteiger partial charge in [0.2, 0.25) is 0 Å². The highest BCUT2D eigenvalue weighted by Crippen LogP contribution is 2.25. The normalized spacial score (nSPS) is 11.5. The SMILES string of the molecule is Cc1ccc(Cl)c(OCCC(C)(C)O)c1. The fraction of sp³-hybridized carbons (Fsp3) is 0.500. The van der Waals surface area contributed by atoms with E-state index in [0.717, 1.165) is 5.56 Å². The summed E-state index contributed by atoms with van der Waals surface area (Å²) in [7, 11) is 0. The van der Waals surface area contributed by atoms with Gasteiger partial charge in [-0.2, -0.15) is 0 Å². The number of aliphatic hydroxyl groups is 1. The monoisotopic (exact) mass is 228 g/mol. The van der Waals surface area contributed by atoms with Crippen LogP contribution in [0.5, 0.6) is 5.75 Å². The lowest BCUT2D eigenvalue weighted by Gasteiger charge is -2.17. The maximum Gasteiger partial charge on any atom is 0.138 e. The van der Waals surface area contributed by atoms with Gasteiger partial charge < -0.3 is 9.84 Å². The second-order valence-electron chi connectivity index (χ2n) is 4.34. The Kier molecular flexibility index (Phi) is 4.00. The van der Waals surface area contributed by atoms with Gasteiger partial charge in [-0.3, -0.25) is 0 Å². The van der Waals surface area contributed by atoms with Crippen LogP contribution in [0.1, 0.15) is 25.8 Å². The summed E-state index contributed by atoms with van der Waals surface area (Å²) in [5.41, 5.74) is 0.411. The summed E-state index contributed by atoms with van der Waals surface area (Å²) in [6, 6.07) is 5.65. The van der Waals surface area contributed by atoms with Crippen molar-refractivity contribution in [1.29, 1.82) is 0 Å². The van der Waals surface area contributed by atoms with Crippen molar-refractivity contribution in [3.63, 3.8) is 0 Å². The molecule has 0 aliphatic heterocycles. The van der Waals surface area contributed by atoms with Crippen molar-refractivity contribution in [2.24, 2.45) is 0 Å². The quantitative estimate of drug-likeness (QED) is 0.858. The smallest absolute Gasteiger partial charge is 0.138 e. The maximum absolute atomic E-state index is 9.51. The van der Waals surface area contributed by atoms with Gasteiger partial charge in [-0.05, 0) is 38.5 Å². The zero-order chi connectivity index (χ0) is 11.5. The van der Waals surface area contributed by atoms with E-state index < -0.39 is 5.60 Å². The summed E-state index contributed by atoms with van der Waals surface area (Å²) in [5.74, 6) is 0.681. The number of hydrogen-bond donors (Lipinski definition) is 1. The highest BCUT2D eigenvalue weighted by Gasteiger charge is 2.12. The van der Waals surface area contributed by atoms with Gasteiger partial charge in [-0.15, -0.1) is 0 Å². The van der Waals surface area contributed by atoms with Crippen LogP contribution < -0.4 is 4.74 Å². The van der Waals surface area contributed by atoms with Crippen LogP contribution >= 0.6 is 11.6 Å². The fourth-order valence-corrected chi connectivity index (χ4v) is 1.30. The molecule has 0 spiro atoms. The summed E-state index contributed by atoms with van der Waals surface area (Å²) in [4.78, 5) is 0. The number of benzene rings is 1. The lowest BCUT2D eigenvalue weighted by molar-refractivity contribution is 0.0553. The van der Waals surface area contributed by atoms with Gasteiger partial charge in [0.05, 0.1) is 17.2 Å². The van der Waals surface area contributed by atoms with Crippen molar-refractivity contribution in [1.82, 2.24) is 0 Å². The second kappa shape index (κ2) is 4.86. The van der Waals surface area contributed by atoms with Crippen LogP contribution in [0.4, 0.5) is 0 Å². The average Bonchev–Trinajstić information content (AvgIpc) is 2.09. The molecule has 0 unspecified atom stereocenters. The Balaban J connectivity index is 2.54. The van der Waals surface area contributed by atoms with E-state index in [9.17, 15) is 5.11 Å². The summed E-state index contributed by atoms with van der Waals surface area (Å²) in [6.07, 6.45) is 0.581. The molecule has 1 aromatic carbocycles. The van der Waals surface area contributed by atoms with Gasteiger partial charge in [0, 0.05) is 6.42 Å². The van der Waals surface area contributed by atoms with Crippen molar-refractivity contribution in [3.05, 3.63) is 28.8 Å². The van der Waals surface area contributed by atoms with E-state index in [0.29, 0.717) is 23.8 Å². The van der Waals surface area contributed by atoms with Gasteiger partial charge in [0.15, 0.2) is 0 Å². The Morgan fingerprint density at radius 3 is 2.67 bits per heavy atom. The molecule has 0 amide bonds. The predicted molar refractivity (Wildman–Crippen MR) is 62.6 cm³/mol. The molecule has 1 aromatic rings. The summed E-state index contributed by atoms with van der Waals surface area (Å²) >= 11 is 5.96. The van der Waals surface area contributed by atoms with Crippen LogP contribution in [0.25, 0.3) is 0 Å². The minimum atomic E-state index is -0.698. The second-order valence-corrected chi connectivity index (χ2v) is 4.75. The van der Waals surface area contributed by atoms with Crippen molar-refractivity contribution in [3.8, 4) is 5.75 Å². The molecule has 0 aliphatic carbocycles. The first-order chi connectivity index (χ1) is 6.88. The number of ether oxygens (including phenoxy) is 1. The van der Waals surface area contributed by atoms with Crippen LogP contribution in [0.2, 0.25) is 5.02 Å². The molecule has 0 radical (unpaired) electrons. The lowest BCUT2D eigenvalue weighted by atomic mass is 10.1. The van der Waals surface area contributed by atoms with Crippen LogP contribution in [-0.2, 0) is 0 Å². The Bertz CT molecular complexity index is 329. The number of hydrogen-bond acceptors (Lipinski definition) is 2. The largest absolute Gasteiger partial charge is 0.492 e. The average molecular weight is 229 g/mol. The third-order valence-electron chi connectivity index (χ3n) is 2.06. The standard InChI is InChI=1S/C12H17ClO2/c1-9-4-5-10(13)11(8-9)15-7-6-12(2,3)14/h4-5,8,14H,6-7H2,1-3H3. The minimum absolute atomic E-state index is 0.465. The summed E-state index contributed by atoms with van der Waals surface area (Å²) in [6.45, 7) is 5.97. The molecule has 0 heterocycles. The first kappa shape index (κ1) is 12.3. The van der Waals surface area contributed by atoms with Crippen LogP contribution in [0.3, 0.4) is 0 Å². The van der Waals surface area contributed by atoms with E-state index >= 15 is 0 Å². The molecule has 0 aromatic heterocycles. The number of rotatable bonds is 4. The van der Waals surface area contributed by atoms with Gasteiger partial charge in [-0.25, -0.2) is 0 Å². The molecule has 15 heavy (non-hydrogen) atoms. The third kappa shape index (κ3) is 4.54. The van der Waals surface area contributed by atoms with E-state index in [2.05, 4.69) is 0 Å². The molecule has 0 saturated heterocycles. The Morgan fingerprint density at radius 2 is 2.07 bits per heavy atom. The molecule has 2 nitrogen and oxygen atoms in total. The Morgan fingerprint density at radius 1 is 1.40 bits per heavy atom. The molecule has 84 valence electrons. The van der Waals surface area contributed by atoms with Crippen LogP contribution in [0, 0.1) is 6.92 Å². The highest BCUT2D eigenvalue weighted by molar-refractivity contribution is 6.32. The maximum atomic E-state index is 9.51. The predicted octanol–water partition coefficient (Wildman–Crippen LogP) is 3.19. The fourth-order valence-electron chi connectivity index (χ4n) is 1.13. The topological polar surface area (TPSA) is 29.5 Å². The van der Waals surface area contributed by atoms with Gasteiger partial charge >= 0.3 is 0 Å². The molecule has 0 aliphatic rings. The molecule has 3 heteroatoms. The number of aryl methyl sites for hydroxylation is 1. The molecule has 0 bridgehead atoms. The van der Waals surface area contributed by atoms with Crippen molar-refractivity contribution >= 4 is 11.6 Å². The van der Waals surface area contributed by atoms with E-state index in [1.165, 1.54) is 0 Å². The first-order valence-electron chi connectivity index (χ1n) is 5.00. The number of halogens is 1. The summed E-state index contributed by atoms with van der Waals surface area (Å²) in [5, 5.41) is 10.1. The zero-order valence-electron chi connectivity index (χ0n) is 9.38. The minimum Gasteiger partial charge on any atom is -0.492 e. The van der Waals surface area contributed by atoms with E-state index in [1.54, 1.807) is 13.8 Å². The molecule has 0 saturated carbocycles. The van der Waals surface area contributed by atoms with Gasteiger partial charge in [0.25, 0.3) is 0 Å². The molecule has 0 fully saturated rings. The van der Waals surface area contributed by atoms with Gasteiger partial charge in [0.1, 0.15) is 5.75 Å². The van der Waals surface area contributed by atoms with E-state index in [1.807, 2.05) is 25.1 Å². The molecule has 0 atom stereocenters. The van der Waals surface area contributed by atoms with E-state index in [-0.39, 0.29) is 0 Å². The van der Waals surface area contributed by atoms with Crippen LogP contribution in [0.15, 0.2) is 18.2 Å².